The molecule has 3 heteroatoms. The summed E-state index contributed by atoms with van der Waals surface area (Å²) in [6.45, 7) is 0. The molecule has 0 bridgehead atoms. The van der Waals surface area contributed by atoms with Gasteiger partial charge in [-0.25, -0.2) is 0 Å². The van der Waals surface area contributed by atoms with Crippen LogP contribution in [0.4, 0.5) is 0 Å². The van der Waals surface area contributed by atoms with E-state index in [1.807, 2.05) is 29.8 Å². The highest BCUT2D eigenvalue weighted by molar-refractivity contribution is 6.35. The first-order valence-corrected chi connectivity index (χ1v) is 4.30. The maximum Gasteiger partial charge on any atom is 0.152 e. The fourth-order valence-corrected chi connectivity index (χ4v) is 1.85. The number of aldehydes is 1. The summed E-state index contributed by atoms with van der Waals surface area (Å²) in [5.74, 6) is 0. The van der Waals surface area contributed by atoms with E-state index in [2.05, 4.69) is 0 Å². The normalized spacial score (nSPS) is 10.6. The molecule has 0 N–H and O–H groups in total. The van der Waals surface area contributed by atoms with E-state index < -0.39 is 0 Å². The summed E-state index contributed by atoms with van der Waals surface area (Å²) >= 11 is 6.00. The third-order valence-corrected chi connectivity index (χ3v) is 2.42. The number of rotatable bonds is 1. The highest BCUT2D eigenvalue weighted by atomic mass is 35.5. The molecule has 0 aliphatic heterocycles. The third-order valence-electron chi connectivity index (χ3n) is 2.11. The number of carbonyl (C=O) groups excluding carboxylic acids is 1. The highest BCUT2D eigenvalue weighted by Gasteiger charge is 2.07. The molecule has 0 aliphatic carbocycles. The van der Waals surface area contributed by atoms with E-state index in [1.165, 1.54) is 0 Å². The zero-order chi connectivity index (χ0) is 9.42. The van der Waals surface area contributed by atoms with Gasteiger partial charge in [0.05, 0.1) is 10.5 Å². The summed E-state index contributed by atoms with van der Waals surface area (Å²) in [4.78, 5) is 10.7. The summed E-state index contributed by atoms with van der Waals surface area (Å²) in [6.07, 6.45) is 2.63. The minimum atomic E-state index is 0.674. The van der Waals surface area contributed by atoms with Crippen LogP contribution < -0.4 is 0 Å². The minimum Gasteiger partial charge on any atom is -0.349 e. The summed E-state index contributed by atoms with van der Waals surface area (Å²) in [5, 5.41) is 1.58. The largest absolute Gasteiger partial charge is 0.349 e. The number of fused-ring (bicyclic) bond motifs is 1. The molecule has 13 heavy (non-hydrogen) atoms. The van der Waals surface area contributed by atoms with E-state index in [4.69, 9.17) is 11.6 Å². The smallest absolute Gasteiger partial charge is 0.152 e. The first-order valence-electron chi connectivity index (χ1n) is 3.93. The summed E-state index contributed by atoms with van der Waals surface area (Å²) in [6, 6.07) is 5.56. The maximum absolute atomic E-state index is 10.7. The molecule has 0 amide bonds. The van der Waals surface area contributed by atoms with E-state index in [1.54, 1.807) is 6.20 Å². The van der Waals surface area contributed by atoms with Crippen molar-refractivity contribution in [3.05, 3.63) is 35.0 Å². The van der Waals surface area contributed by atoms with Crippen LogP contribution in [0.3, 0.4) is 0 Å². The summed E-state index contributed by atoms with van der Waals surface area (Å²) in [5.41, 5.74) is 1.59. The van der Waals surface area contributed by atoms with Crippen molar-refractivity contribution >= 4 is 28.8 Å². The van der Waals surface area contributed by atoms with Gasteiger partial charge in [-0.05, 0) is 6.07 Å². The molecule has 1 aromatic carbocycles. The van der Waals surface area contributed by atoms with Crippen LogP contribution in [0.15, 0.2) is 24.4 Å². The highest BCUT2D eigenvalue weighted by Crippen LogP contribution is 2.26. The molecule has 2 nitrogen and oxygen atoms in total. The van der Waals surface area contributed by atoms with Crippen LogP contribution in [-0.4, -0.2) is 10.9 Å². The second-order valence-electron chi connectivity index (χ2n) is 2.95. The first-order chi connectivity index (χ1) is 6.24. The van der Waals surface area contributed by atoms with Crippen molar-refractivity contribution in [2.75, 3.05) is 0 Å². The molecule has 0 saturated carbocycles. The number of hydrogen-bond acceptors (Lipinski definition) is 1. The molecule has 0 fully saturated rings. The Balaban J connectivity index is 2.95. The van der Waals surface area contributed by atoms with Gasteiger partial charge in [0.2, 0.25) is 0 Å². The lowest BCUT2D eigenvalue weighted by Crippen LogP contribution is -1.83. The van der Waals surface area contributed by atoms with Crippen LogP contribution in [0, 0.1) is 0 Å². The van der Waals surface area contributed by atoms with Gasteiger partial charge in [-0.2, -0.15) is 0 Å². The summed E-state index contributed by atoms with van der Waals surface area (Å²) < 4.78 is 1.86. The van der Waals surface area contributed by atoms with Crippen LogP contribution in [0.2, 0.25) is 5.02 Å². The van der Waals surface area contributed by atoms with Crippen molar-refractivity contribution in [3.8, 4) is 0 Å². The van der Waals surface area contributed by atoms with Gasteiger partial charge in [-0.15, -0.1) is 0 Å². The number of benzene rings is 1. The van der Waals surface area contributed by atoms with Crippen molar-refractivity contribution in [1.29, 1.82) is 0 Å². The SMILES string of the molecule is Cn1cc(C=O)c2cccc(Cl)c21. The van der Waals surface area contributed by atoms with E-state index in [0.29, 0.717) is 10.6 Å². The van der Waals surface area contributed by atoms with E-state index >= 15 is 0 Å². The van der Waals surface area contributed by atoms with E-state index in [-0.39, 0.29) is 0 Å². The van der Waals surface area contributed by atoms with Crippen molar-refractivity contribution in [3.63, 3.8) is 0 Å². The van der Waals surface area contributed by atoms with Crippen LogP contribution in [0.1, 0.15) is 10.4 Å². The van der Waals surface area contributed by atoms with Crippen molar-refractivity contribution in [1.82, 2.24) is 4.57 Å². The molecule has 0 aliphatic rings. The standard InChI is InChI=1S/C10H8ClNO/c1-12-5-7(6-13)8-3-2-4-9(11)10(8)12/h2-6H,1H3. The lowest BCUT2D eigenvalue weighted by atomic mass is 10.2. The van der Waals surface area contributed by atoms with Gasteiger partial charge < -0.3 is 4.57 Å². The van der Waals surface area contributed by atoms with Crippen molar-refractivity contribution in [2.24, 2.45) is 7.05 Å². The molecule has 1 aromatic heterocycles. The van der Waals surface area contributed by atoms with Crippen LogP contribution >= 0.6 is 11.6 Å². The fourth-order valence-electron chi connectivity index (χ4n) is 1.54. The minimum absolute atomic E-state index is 0.674. The Hall–Kier alpha value is -1.28. The Bertz CT molecular complexity index is 473. The number of nitrogens with zero attached hydrogens (tertiary/aromatic N) is 1. The second kappa shape index (κ2) is 2.89. The van der Waals surface area contributed by atoms with Gasteiger partial charge in [0, 0.05) is 24.2 Å². The molecule has 0 unspecified atom stereocenters. The second-order valence-corrected chi connectivity index (χ2v) is 3.36. The van der Waals surface area contributed by atoms with Gasteiger partial charge in [0.15, 0.2) is 6.29 Å². The number of aryl methyl sites for hydroxylation is 1. The molecular weight excluding hydrogens is 186 g/mol. The molecular formula is C10H8ClNO. The zero-order valence-electron chi connectivity index (χ0n) is 7.12. The van der Waals surface area contributed by atoms with Gasteiger partial charge >= 0.3 is 0 Å². The van der Waals surface area contributed by atoms with E-state index in [0.717, 1.165) is 17.2 Å². The number of aromatic nitrogens is 1. The molecule has 0 atom stereocenters. The molecule has 0 spiro atoms. The Morgan fingerprint density at radius 3 is 2.92 bits per heavy atom. The topological polar surface area (TPSA) is 22.0 Å². The predicted octanol–water partition coefficient (Wildman–Crippen LogP) is 2.64. The quantitative estimate of drug-likeness (QED) is 0.639. The van der Waals surface area contributed by atoms with Crippen LogP contribution in [-0.2, 0) is 7.05 Å². The van der Waals surface area contributed by atoms with Crippen LogP contribution in [0.5, 0.6) is 0 Å². The number of para-hydroxylation sites is 1. The fraction of sp³-hybridized carbons (Fsp3) is 0.100. The third kappa shape index (κ3) is 1.14. The van der Waals surface area contributed by atoms with Gasteiger partial charge in [-0.3, -0.25) is 4.79 Å². The molecule has 2 rings (SSSR count). The predicted molar refractivity (Wildman–Crippen MR) is 53.3 cm³/mol. The Morgan fingerprint density at radius 1 is 1.46 bits per heavy atom. The number of halogens is 1. The number of hydrogen-bond donors (Lipinski definition) is 0. The monoisotopic (exact) mass is 193 g/mol. The van der Waals surface area contributed by atoms with Gasteiger partial charge in [0.25, 0.3) is 0 Å². The zero-order valence-corrected chi connectivity index (χ0v) is 7.88. The summed E-state index contributed by atoms with van der Waals surface area (Å²) in [7, 11) is 1.88. The average molecular weight is 194 g/mol. The van der Waals surface area contributed by atoms with Gasteiger partial charge in [0.1, 0.15) is 0 Å². The van der Waals surface area contributed by atoms with Gasteiger partial charge in [-0.1, -0.05) is 23.7 Å². The molecule has 1 heterocycles. The van der Waals surface area contributed by atoms with E-state index in [9.17, 15) is 4.79 Å². The molecule has 0 saturated heterocycles. The Kier molecular flexibility index (Phi) is 1.85. The first kappa shape index (κ1) is 8.32. The van der Waals surface area contributed by atoms with Crippen LogP contribution in [0.25, 0.3) is 10.9 Å². The maximum atomic E-state index is 10.7. The molecule has 0 radical (unpaired) electrons. The van der Waals surface area contributed by atoms with Crippen molar-refractivity contribution < 1.29 is 4.79 Å². The molecule has 66 valence electrons. The Morgan fingerprint density at radius 2 is 2.23 bits per heavy atom. The lowest BCUT2D eigenvalue weighted by molar-refractivity contribution is 0.112. The molecule has 2 aromatic rings. The Labute approximate surface area is 80.7 Å². The lowest BCUT2D eigenvalue weighted by Gasteiger charge is -1.97. The number of carbonyl (C=O) groups is 1. The van der Waals surface area contributed by atoms with Crippen molar-refractivity contribution in [2.45, 2.75) is 0 Å². The average Bonchev–Trinajstić information content (AvgIpc) is 2.44.